The van der Waals surface area contributed by atoms with Gasteiger partial charge in [-0.3, -0.25) is 14.3 Å². The van der Waals surface area contributed by atoms with Crippen LogP contribution in [0.4, 0.5) is 13.2 Å². The number of hydrogen-bond acceptors (Lipinski definition) is 7. The third-order valence-electron chi connectivity index (χ3n) is 10.5. The average molecular weight is 782 g/mol. The van der Waals surface area contributed by atoms with E-state index in [4.69, 9.17) is 4.98 Å². The summed E-state index contributed by atoms with van der Waals surface area (Å²) in [5.74, 6) is 0.269. The number of fused-ring (bicyclic) bond motifs is 2. The van der Waals surface area contributed by atoms with E-state index in [0.29, 0.717) is 59.8 Å². The van der Waals surface area contributed by atoms with Crippen LogP contribution in [-0.4, -0.2) is 59.8 Å². The van der Waals surface area contributed by atoms with Crippen molar-refractivity contribution in [1.82, 2.24) is 48.5 Å². The zero-order valence-electron chi connectivity index (χ0n) is 33.0. The molecule has 0 aliphatic rings. The summed E-state index contributed by atoms with van der Waals surface area (Å²) in [7, 11) is 0. The molecule has 294 valence electrons. The van der Waals surface area contributed by atoms with Crippen molar-refractivity contribution in [2.24, 2.45) is 0 Å². The Bertz CT molecular complexity index is 2830. The van der Waals surface area contributed by atoms with Crippen LogP contribution in [-0.2, 0) is 19.6 Å². The minimum absolute atomic E-state index is 0.236. The lowest BCUT2D eigenvalue weighted by molar-refractivity contribution is 0.144. The summed E-state index contributed by atoms with van der Waals surface area (Å²) >= 11 is 0. The van der Waals surface area contributed by atoms with Crippen LogP contribution in [0, 0.1) is 31.0 Å². The summed E-state index contributed by atoms with van der Waals surface area (Å²) in [4.78, 5) is 18.5. The van der Waals surface area contributed by atoms with Gasteiger partial charge in [-0.25, -0.2) is 28.1 Å². The number of halogens is 3. The molecular formula is C44H42F3N11. The van der Waals surface area contributed by atoms with Crippen molar-refractivity contribution in [3.8, 4) is 50.8 Å². The molecule has 0 fully saturated rings. The molecular weight excluding hydrogens is 740 g/mol. The minimum Gasteiger partial charge on any atom is -0.328 e. The van der Waals surface area contributed by atoms with E-state index in [-0.39, 0.29) is 12.8 Å². The van der Waals surface area contributed by atoms with Crippen molar-refractivity contribution < 1.29 is 13.2 Å². The summed E-state index contributed by atoms with van der Waals surface area (Å²) in [5.41, 5.74) is 6.34. The Balaban J connectivity index is 0.959. The van der Waals surface area contributed by atoms with Gasteiger partial charge in [0.1, 0.15) is 40.4 Å². The monoisotopic (exact) mass is 781 g/mol. The van der Waals surface area contributed by atoms with Gasteiger partial charge in [-0.15, -0.1) is 0 Å². The molecule has 0 N–H and O–H groups in total. The fraction of sp³-hybridized carbons (Fsp3) is 0.295. The molecule has 1 unspecified atom stereocenters. The zero-order chi connectivity index (χ0) is 40.8. The molecule has 0 aliphatic heterocycles. The second-order valence-corrected chi connectivity index (χ2v) is 15.7. The molecule has 8 aromatic rings. The molecule has 0 saturated carbocycles. The first-order valence-corrected chi connectivity index (χ1v) is 19.2. The predicted octanol–water partition coefficient (Wildman–Crippen LogP) is 9.51. The Morgan fingerprint density at radius 3 is 2.16 bits per heavy atom. The lowest BCUT2D eigenvalue weighted by Crippen LogP contribution is -2.23. The van der Waals surface area contributed by atoms with Gasteiger partial charge >= 0.3 is 0 Å². The molecule has 1 aromatic carbocycles. The van der Waals surface area contributed by atoms with Crippen molar-refractivity contribution in [3.63, 3.8) is 0 Å². The maximum atomic E-state index is 16.2. The molecule has 7 heterocycles. The summed E-state index contributed by atoms with van der Waals surface area (Å²) in [6, 6.07) is 16.8. The lowest BCUT2D eigenvalue weighted by Gasteiger charge is -2.21. The van der Waals surface area contributed by atoms with Crippen molar-refractivity contribution in [2.45, 2.75) is 84.9 Å². The van der Waals surface area contributed by atoms with Crippen LogP contribution >= 0.6 is 0 Å². The Morgan fingerprint density at radius 2 is 1.41 bits per heavy atom. The van der Waals surface area contributed by atoms with E-state index in [1.165, 1.54) is 26.1 Å². The number of alkyl halides is 2. The summed E-state index contributed by atoms with van der Waals surface area (Å²) in [6.07, 6.45) is 12.9. The quantitative estimate of drug-likeness (QED) is 0.114. The van der Waals surface area contributed by atoms with Crippen LogP contribution in [0.1, 0.15) is 57.2 Å². The van der Waals surface area contributed by atoms with Gasteiger partial charge < -0.3 is 8.97 Å². The van der Waals surface area contributed by atoms with E-state index < -0.39 is 17.2 Å². The van der Waals surface area contributed by atoms with Gasteiger partial charge in [0.2, 0.25) is 0 Å². The molecule has 0 saturated heterocycles. The minimum atomic E-state index is -1.51. The first kappa shape index (κ1) is 38.3. The molecule has 7 aromatic heterocycles. The topological polar surface area (TPSA) is 120 Å². The van der Waals surface area contributed by atoms with Crippen molar-refractivity contribution in [2.75, 3.05) is 0 Å². The Kier molecular flexibility index (Phi) is 9.92. The van der Waals surface area contributed by atoms with Crippen LogP contribution < -0.4 is 0 Å². The van der Waals surface area contributed by atoms with Gasteiger partial charge in [0.25, 0.3) is 0 Å². The molecule has 0 radical (unpaired) electrons. The van der Waals surface area contributed by atoms with E-state index in [1.807, 2.05) is 77.8 Å². The number of imidazole rings is 2. The Hall–Kier alpha value is -6.62. The number of pyridine rings is 3. The molecule has 0 aliphatic carbocycles. The predicted molar refractivity (Wildman–Crippen MR) is 217 cm³/mol. The number of aryl methyl sites for hydroxylation is 5. The average Bonchev–Trinajstić information content (AvgIpc) is 4.00. The highest BCUT2D eigenvalue weighted by atomic mass is 19.1. The third kappa shape index (κ3) is 8.11. The van der Waals surface area contributed by atoms with Crippen molar-refractivity contribution in [1.29, 1.82) is 5.26 Å². The van der Waals surface area contributed by atoms with E-state index in [0.717, 1.165) is 44.9 Å². The maximum Gasteiger partial charge on any atom is 0.142 e. The first-order valence-electron chi connectivity index (χ1n) is 19.2. The fourth-order valence-corrected chi connectivity index (χ4v) is 7.25. The van der Waals surface area contributed by atoms with E-state index >= 15 is 4.39 Å². The SMILES string of the molecule is Cc1cn2ccc(-c3nc(C#N)ccc3-c3cnn(CCC(C)(F)CCn4c(C)nc5cc(-c6ncc(F)cc6-c6cnn(CCC(C)(C)F)c6)ccc54)c3)cc2n1. The third-order valence-corrected chi connectivity index (χ3v) is 10.5. The van der Waals surface area contributed by atoms with Gasteiger partial charge in [0, 0.05) is 90.6 Å². The molecule has 0 amide bonds. The number of aromatic nitrogens is 10. The first-order chi connectivity index (χ1) is 27.7. The van der Waals surface area contributed by atoms with Gasteiger partial charge in [0.15, 0.2) is 0 Å². The summed E-state index contributed by atoms with van der Waals surface area (Å²) in [5, 5.41) is 18.5. The number of rotatable bonds is 13. The second kappa shape index (κ2) is 15.0. The lowest BCUT2D eigenvalue weighted by atomic mass is 9.99. The molecule has 0 bridgehead atoms. The maximum absolute atomic E-state index is 16.2. The van der Waals surface area contributed by atoms with Gasteiger partial charge in [-0.05, 0) is 83.5 Å². The van der Waals surface area contributed by atoms with Gasteiger partial charge in [0.05, 0.1) is 46.7 Å². The highest BCUT2D eigenvalue weighted by Crippen LogP contribution is 2.35. The second-order valence-electron chi connectivity index (χ2n) is 15.7. The normalized spacial score (nSPS) is 13.0. The number of nitriles is 1. The van der Waals surface area contributed by atoms with Gasteiger partial charge in [-0.1, -0.05) is 6.07 Å². The Morgan fingerprint density at radius 1 is 0.707 bits per heavy atom. The standard InChI is InChI=1S/C44H42F3N11/c1-28-25-55-14-10-31(19-40(55)52-28)42-36(8-7-35(21-48)54-42)32-22-50-57(26-32)16-12-44(5,47)13-17-58-29(2)53-38-18-30(6-9-39(38)58)41-37(20-34(45)24-49-41)33-23-51-56(27-33)15-11-43(3,4)46/h6-10,14,18-20,22-27H,11-13,15-17H2,1-5H3. The molecule has 11 nitrogen and oxygen atoms in total. The van der Waals surface area contributed by atoms with Crippen LogP contribution in [0.5, 0.6) is 0 Å². The molecule has 0 spiro atoms. The zero-order valence-corrected chi connectivity index (χ0v) is 33.0. The number of benzene rings is 1. The van der Waals surface area contributed by atoms with E-state index in [1.54, 1.807) is 40.9 Å². The molecule has 58 heavy (non-hydrogen) atoms. The van der Waals surface area contributed by atoms with Crippen LogP contribution in [0.15, 0.2) is 91.9 Å². The van der Waals surface area contributed by atoms with E-state index in [2.05, 4.69) is 31.2 Å². The van der Waals surface area contributed by atoms with Gasteiger partial charge in [-0.2, -0.15) is 15.5 Å². The molecule has 8 rings (SSSR count). The number of hydrogen-bond donors (Lipinski definition) is 0. The summed E-state index contributed by atoms with van der Waals surface area (Å²) < 4.78 is 52.1. The summed E-state index contributed by atoms with van der Waals surface area (Å²) in [6.45, 7) is 9.66. The Labute approximate surface area is 333 Å². The highest BCUT2D eigenvalue weighted by Gasteiger charge is 2.25. The molecule has 1 atom stereocenters. The fourth-order valence-electron chi connectivity index (χ4n) is 7.25. The van der Waals surface area contributed by atoms with E-state index in [9.17, 15) is 14.0 Å². The van der Waals surface area contributed by atoms with Crippen molar-refractivity contribution >= 4 is 16.7 Å². The number of nitrogens with zero attached hydrogens (tertiary/aromatic N) is 11. The van der Waals surface area contributed by atoms with Crippen LogP contribution in [0.3, 0.4) is 0 Å². The van der Waals surface area contributed by atoms with Crippen molar-refractivity contribution in [3.05, 3.63) is 115 Å². The smallest absolute Gasteiger partial charge is 0.142 e. The molecule has 14 heteroatoms. The highest BCUT2D eigenvalue weighted by molar-refractivity contribution is 5.87. The van der Waals surface area contributed by atoms with Crippen LogP contribution in [0.25, 0.3) is 61.4 Å². The van der Waals surface area contributed by atoms with Crippen LogP contribution in [0.2, 0.25) is 0 Å². The largest absolute Gasteiger partial charge is 0.328 e.